The van der Waals surface area contributed by atoms with Crippen LogP contribution in [0.5, 0.6) is 5.75 Å². The number of esters is 2. The van der Waals surface area contributed by atoms with Crippen LogP contribution < -0.4 is 15.4 Å². The lowest BCUT2D eigenvalue weighted by Gasteiger charge is -2.46. The molecule has 8 unspecified atom stereocenters. The van der Waals surface area contributed by atoms with Gasteiger partial charge in [0.2, 0.25) is 18.1 Å². The highest BCUT2D eigenvalue weighted by molar-refractivity contribution is 7.47. The van der Waals surface area contributed by atoms with E-state index in [1.807, 2.05) is 0 Å². The van der Waals surface area contributed by atoms with Crippen molar-refractivity contribution in [3.05, 3.63) is 29.8 Å². The van der Waals surface area contributed by atoms with E-state index < -0.39 is 163 Å². The molecule has 28 nitrogen and oxygen atoms in total. The predicted octanol–water partition coefficient (Wildman–Crippen LogP) is 6.18. The fourth-order valence-corrected chi connectivity index (χ4v) is 12.9. The summed E-state index contributed by atoms with van der Waals surface area (Å²) < 4.78 is 68.3. The summed E-state index contributed by atoms with van der Waals surface area (Å²) in [4.78, 5) is 61.6. The van der Waals surface area contributed by atoms with Crippen LogP contribution in [0, 0.1) is 0 Å². The molecule has 3 heterocycles. The lowest BCUT2D eigenvalue weighted by atomic mass is 9.96. The number of amides is 2. The van der Waals surface area contributed by atoms with Gasteiger partial charge in [0, 0.05) is 38.8 Å². The van der Waals surface area contributed by atoms with Crippen LogP contribution in [-0.2, 0) is 72.4 Å². The van der Waals surface area contributed by atoms with E-state index in [2.05, 4.69) is 24.5 Å². The first-order valence-electron chi connectivity index (χ1n) is 37.4. The van der Waals surface area contributed by atoms with Crippen molar-refractivity contribution in [2.24, 2.45) is 0 Å². The third-order valence-electron chi connectivity index (χ3n) is 18.3. The zero-order valence-corrected chi connectivity index (χ0v) is 60.3. The first-order chi connectivity index (χ1) is 48.2. The number of unbranched alkanes of at least 4 members (excludes halogenated alkanes) is 28. The molecule has 0 aliphatic carbocycles. The predicted molar refractivity (Wildman–Crippen MR) is 367 cm³/mol. The molecule has 2 amide bonds. The van der Waals surface area contributed by atoms with Crippen LogP contribution in [0.15, 0.2) is 24.3 Å². The Morgan fingerprint density at radius 2 is 0.900 bits per heavy atom. The maximum absolute atomic E-state index is 13.0. The van der Waals surface area contributed by atoms with Crippen LogP contribution in [0.2, 0.25) is 0 Å². The Morgan fingerprint density at radius 1 is 0.470 bits per heavy atom. The van der Waals surface area contributed by atoms with Crippen molar-refractivity contribution in [1.29, 1.82) is 0 Å². The second kappa shape index (κ2) is 52.4. The maximum Gasteiger partial charge on any atom is 0.472 e. The molecule has 3 fully saturated rings. The summed E-state index contributed by atoms with van der Waals surface area (Å²) in [6, 6.07) is 6.27. The minimum Gasteiger partial charge on any atom is -0.462 e. The van der Waals surface area contributed by atoms with Crippen LogP contribution in [-0.4, -0.2) is 231 Å². The van der Waals surface area contributed by atoms with Gasteiger partial charge >= 0.3 is 19.8 Å². The molecule has 1 aromatic rings. The molecule has 3 aliphatic heterocycles. The number of rotatable bonds is 57. The Hall–Kier alpha value is -3.59. The minimum atomic E-state index is -4.76. The Labute approximate surface area is 591 Å². The standard InChI is InChI=1S/C71H125N2O26P/c1-3-5-7-9-11-13-15-17-19-21-23-25-27-29-31-33-58(78)90-47-52(94-59(79)34-32-30-28-26-24-22-20-18-16-14-12-10-8-6-4-2)48-93-100(88,89)92-44-43-73-57(77)40-39-56(76)72-42-41-50-35-37-51(38-36-50)95-71-67(87)68(99-70-66(86)64(84)61(81)54(46-75)97-70)62(82)55(98-71)49-91-69-65(85)63(83)60(80)53(45-74)96-69/h35-38,52-55,60-71,74-75,80-87H,3-34,39-49H2,1-2H3,(H,72,76)(H,73,77)(H,88,89)/t52?,53?,54?,55?,60-,61+,62-,63?,64?,65-,66+,67-,68?,69+,70+,71+/m1/s1. The van der Waals surface area contributed by atoms with Crippen LogP contribution >= 0.6 is 7.82 Å². The van der Waals surface area contributed by atoms with E-state index in [0.29, 0.717) is 24.8 Å². The molecule has 29 heteroatoms. The van der Waals surface area contributed by atoms with Gasteiger partial charge in [-0.05, 0) is 37.0 Å². The zero-order chi connectivity index (χ0) is 72.9. The first kappa shape index (κ1) is 88.8. The van der Waals surface area contributed by atoms with Crippen molar-refractivity contribution in [3.8, 4) is 5.75 Å². The summed E-state index contributed by atoms with van der Waals surface area (Å²) in [5.41, 5.74) is 0.706. The van der Waals surface area contributed by atoms with E-state index in [4.69, 9.17) is 46.9 Å². The van der Waals surface area contributed by atoms with Crippen LogP contribution in [0.1, 0.15) is 238 Å². The molecule has 580 valence electrons. The molecule has 3 saturated heterocycles. The largest absolute Gasteiger partial charge is 0.472 e. The topological polar surface area (TPSA) is 424 Å². The highest BCUT2D eigenvalue weighted by Gasteiger charge is 2.52. The van der Waals surface area contributed by atoms with E-state index in [9.17, 15) is 79.7 Å². The molecule has 17 atom stereocenters. The van der Waals surface area contributed by atoms with Gasteiger partial charge in [-0.25, -0.2) is 4.57 Å². The first-order valence-corrected chi connectivity index (χ1v) is 38.9. The van der Waals surface area contributed by atoms with Crippen molar-refractivity contribution in [2.75, 3.05) is 52.7 Å². The number of aliphatic hydroxyl groups excluding tert-OH is 10. The summed E-state index contributed by atoms with van der Waals surface area (Å²) in [5, 5.41) is 110. The molecule has 0 spiro atoms. The SMILES string of the molecule is CCCCCCCCCCCCCCCCCC(=O)OCC(COP(=O)(O)OCCNC(=O)CCC(=O)NCCc1ccc(O[C@H]2OC(CO[C@H]3OC(CO)[C@@H](O)C(O)[C@H]3O)[C@@H](O)C(O[C@@H]3OC(CO)[C@H](O)C(O)[C@@H]3O)[C@H]2O)cc1)OC(=O)CCCCCCCCCCCCCCCCC. The normalized spacial score (nSPS) is 26.4. The van der Waals surface area contributed by atoms with Gasteiger partial charge < -0.3 is 104 Å². The number of hydrogen-bond acceptors (Lipinski definition) is 25. The number of aliphatic hydroxyl groups is 10. The third kappa shape index (κ3) is 35.9. The molecule has 1 aromatic carbocycles. The van der Waals surface area contributed by atoms with Crippen molar-refractivity contribution in [2.45, 2.75) is 337 Å². The van der Waals surface area contributed by atoms with E-state index in [0.717, 1.165) is 44.9 Å². The number of carbonyl (C=O) groups is 4. The number of hydrogen-bond donors (Lipinski definition) is 13. The molecule has 100 heavy (non-hydrogen) atoms. The maximum atomic E-state index is 13.0. The van der Waals surface area contributed by atoms with Gasteiger partial charge in [-0.3, -0.25) is 28.2 Å². The molecule has 13 N–H and O–H groups in total. The second-order valence-electron chi connectivity index (χ2n) is 26.9. The van der Waals surface area contributed by atoms with Crippen LogP contribution in [0.3, 0.4) is 0 Å². The Morgan fingerprint density at radius 3 is 1.38 bits per heavy atom. The molecule has 4 rings (SSSR count). The van der Waals surface area contributed by atoms with Crippen LogP contribution in [0.25, 0.3) is 0 Å². The molecule has 0 bridgehead atoms. The Balaban J connectivity index is 1.17. The molecule has 3 aliphatic rings. The van der Waals surface area contributed by atoms with Crippen molar-refractivity contribution >= 4 is 31.6 Å². The number of benzene rings is 1. The summed E-state index contributed by atoms with van der Waals surface area (Å²) in [7, 11) is -4.76. The number of carbonyl (C=O) groups excluding carboxylic acids is 4. The van der Waals surface area contributed by atoms with Gasteiger partial charge in [0.05, 0.1) is 33.0 Å². The molecular formula is C71H125N2O26P. The fraction of sp³-hybridized carbons (Fsp3) is 0.859. The van der Waals surface area contributed by atoms with Crippen molar-refractivity contribution in [1.82, 2.24) is 10.6 Å². The lowest BCUT2D eigenvalue weighted by Crippen LogP contribution is -2.65. The Bertz CT molecular complexity index is 2370. The van der Waals surface area contributed by atoms with E-state index in [1.54, 1.807) is 12.1 Å². The minimum absolute atomic E-state index is 0.112. The fourth-order valence-electron chi connectivity index (χ4n) is 12.1. The Kier molecular flexibility index (Phi) is 46.5. The van der Waals surface area contributed by atoms with Crippen LogP contribution in [0.4, 0.5) is 0 Å². The molecule has 0 saturated carbocycles. The summed E-state index contributed by atoms with van der Waals surface area (Å²) in [6.07, 6.45) is 8.77. The summed E-state index contributed by atoms with van der Waals surface area (Å²) in [6.45, 7) is 0.753. The zero-order valence-electron chi connectivity index (χ0n) is 59.4. The van der Waals surface area contributed by atoms with Gasteiger partial charge in [-0.1, -0.05) is 206 Å². The smallest absolute Gasteiger partial charge is 0.462 e. The summed E-state index contributed by atoms with van der Waals surface area (Å²) >= 11 is 0. The van der Waals surface area contributed by atoms with Gasteiger partial charge in [0.25, 0.3) is 0 Å². The van der Waals surface area contributed by atoms with E-state index in [1.165, 1.54) is 147 Å². The highest BCUT2D eigenvalue weighted by Crippen LogP contribution is 2.43. The highest BCUT2D eigenvalue weighted by atomic mass is 31.2. The third-order valence-corrected chi connectivity index (χ3v) is 19.3. The number of nitrogens with one attached hydrogen (secondary N) is 2. The average Bonchev–Trinajstić information content (AvgIpc) is 0.795. The van der Waals surface area contributed by atoms with E-state index >= 15 is 0 Å². The quantitative estimate of drug-likeness (QED) is 0.0197. The van der Waals surface area contributed by atoms with E-state index in [-0.39, 0.29) is 51.1 Å². The van der Waals surface area contributed by atoms with Gasteiger partial charge in [0.15, 0.2) is 18.7 Å². The monoisotopic (exact) mass is 1450 g/mol. The molecule has 0 aromatic heterocycles. The molecular weight excluding hydrogens is 1330 g/mol. The number of phosphoric acid groups is 1. The lowest BCUT2D eigenvalue weighted by molar-refractivity contribution is -0.358. The van der Waals surface area contributed by atoms with Crippen molar-refractivity contribution in [3.63, 3.8) is 0 Å². The molecule has 0 radical (unpaired) electrons. The van der Waals surface area contributed by atoms with Crippen molar-refractivity contribution < 1.29 is 127 Å². The number of ether oxygens (including phenoxy) is 8. The van der Waals surface area contributed by atoms with Gasteiger partial charge in [-0.15, -0.1) is 0 Å². The second-order valence-corrected chi connectivity index (χ2v) is 28.3. The van der Waals surface area contributed by atoms with Gasteiger partial charge in [-0.2, -0.15) is 0 Å². The van der Waals surface area contributed by atoms with Gasteiger partial charge in [0.1, 0.15) is 85.6 Å². The summed E-state index contributed by atoms with van der Waals surface area (Å²) in [5.74, 6) is -1.90. The average molecular weight is 1450 g/mol. The number of phosphoric ester groups is 1.